The van der Waals surface area contributed by atoms with Crippen LogP contribution in [0.4, 0.5) is 5.69 Å². The fraction of sp³-hybridized carbons (Fsp3) is 0.267. The summed E-state index contributed by atoms with van der Waals surface area (Å²) in [5.41, 5.74) is 1.28. The first kappa shape index (κ1) is 15.3. The van der Waals surface area contributed by atoms with Crippen molar-refractivity contribution in [2.75, 3.05) is 5.32 Å². The summed E-state index contributed by atoms with van der Waals surface area (Å²) in [5.74, 6) is -0.373. The molecule has 1 N–H and O–H groups in total. The summed E-state index contributed by atoms with van der Waals surface area (Å²) in [6.45, 7) is 3.77. The van der Waals surface area contributed by atoms with E-state index in [1.54, 1.807) is 35.1 Å². The maximum atomic E-state index is 12.1. The molecule has 2 aromatic rings. The minimum atomic E-state index is -0.256. The highest BCUT2D eigenvalue weighted by atomic mass is 35.5. The van der Waals surface area contributed by atoms with E-state index in [1.165, 1.54) is 13.1 Å². The zero-order valence-electron chi connectivity index (χ0n) is 11.8. The Labute approximate surface area is 127 Å². The number of Topliss-reactive ketones (excluding diaryl/α,β-unsaturated/α-hetero) is 1. The van der Waals surface area contributed by atoms with Gasteiger partial charge in [0.05, 0.1) is 23.7 Å². The number of nitrogens with zero attached hydrogens (tertiary/aromatic N) is 2. The highest BCUT2D eigenvalue weighted by molar-refractivity contribution is 6.30. The molecule has 1 aromatic carbocycles. The fourth-order valence-electron chi connectivity index (χ4n) is 1.86. The number of ketones is 1. The van der Waals surface area contributed by atoms with E-state index in [1.807, 2.05) is 6.92 Å². The third-order valence-electron chi connectivity index (χ3n) is 3.07. The number of nitrogens with one attached hydrogen (secondary N) is 1. The molecule has 0 bridgehead atoms. The van der Waals surface area contributed by atoms with Crippen molar-refractivity contribution in [1.29, 1.82) is 0 Å². The number of anilines is 1. The number of benzene rings is 1. The van der Waals surface area contributed by atoms with Crippen molar-refractivity contribution in [1.82, 2.24) is 9.78 Å². The third-order valence-corrected chi connectivity index (χ3v) is 3.26. The zero-order valence-corrected chi connectivity index (χ0v) is 12.6. The average molecular weight is 306 g/mol. The highest BCUT2D eigenvalue weighted by Gasteiger charge is 2.14. The average Bonchev–Trinajstić information content (AvgIpc) is 2.84. The SMILES string of the molecule is CC(=O)c1ccc(NC(=O)C(C)Cn2cc(Cl)cn2)cc1. The van der Waals surface area contributed by atoms with Gasteiger partial charge in [-0.25, -0.2) is 0 Å². The Morgan fingerprint density at radius 1 is 1.33 bits per heavy atom. The molecule has 1 unspecified atom stereocenters. The van der Waals surface area contributed by atoms with Gasteiger partial charge in [0.2, 0.25) is 5.91 Å². The molecule has 0 radical (unpaired) electrons. The third kappa shape index (κ3) is 4.16. The molecule has 21 heavy (non-hydrogen) atoms. The van der Waals surface area contributed by atoms with Gasteiger partial charge in [0, 0.05) is 17.4 Å². The smallest absolute Gasteiger partial charge is 0.229 e. The van der Waals surface area contributed by atoms with Gasteiger partial charge in [-0.1, -0.05) is 18.5 Å². The molecule has 110 valence electrons. The van der Waals surface area contributed by atoms with E-state index < -0.39 is 0 Å². The van der Waals surface area contributed by atoms with Gasteiger partial charge >= 0.3 is 0 Å². The lowest BCUT2D eigenvalue weighted by Crippen LogP contribution is -2.24. The Morgan fingerprint density at radius 3 is 2.52 bits per heavy atom. The van der Waals surface area contributed by atoms with Crippen molar-refractivity contribution in [2.45, 2.75) is 20.4 Å². The summed E-state index contributed by atoms with van der Waals surface area (Å²) in [5, 5.41) is 7.40. The second-order valence-electron chi connectivity index (χ2n) is 4.90. The summed E-state index contributed by atoms with van der Waals surface area (Å²) in [6, 6.07) is 6.81. The summed E-state index contributed by atoms with van der Waals surface area (Å²) in [6.07, 6.45) is 3.21. The lowest BCUT2D eigenvalue weighted by Gasteiger charge is -2.12. The van der Waals surface area contributed by atoms with Crippen molar-refractivity contribution in [3.63, 3.8) is 0 Å². The molecule has 1 aromatic heterocycles. The molecule has 0 aliphatic rings. The van der Waals surface area contributed by atoms with Crippen LogP contribution in [0.3, 0.4) is 0 Å². The fourth-order valence-corrected chi connectivity index (χ4v) is 2.01. The molecule has 1 atom stereocenters. The van der Waals surface area contributed by atoms with E-state index in [0.29, 0.717) is 22.8 Å². The van der Waals surface area contributed by atoms with Crippen LogP contribution in [0.15, 0.2) is 36.7 Å². The normalized spacial score (nSPS) is 12.0. The van der Waals surface area contributed by atoms with Crippen LogP contribution in [-0.4, -0.2) is 21.5 Å². The van der Waals surface area contributed by atoms with Gasteiger partial charge in [-0.15, -0.1) is 0 Å². The second-order valence-corrected chi connectivity index (χ2v) is 5.34. The number of halogens is 1. The standard InChI is InChI=1S/C15H16ClN3O2/c1-10(8-19-9-13(16)7-17-19)15(21)18-14-5-3-12(4-6-14)11(2)20/h3-7,9-10H,8H2,1-2H3,(H,18,21). The molecular formula is C15H16ClN3O2. The van der Waals surface area contributed by atoms with Gasteiger partial charge in [-0.2, -0.15) is 5.10 Å². The van der Waals surface area contributed by atoms with Gasteiger partial charge in [-0.05, 0) is 31.2 Å². The molecule has 6 heteroatoms. The maximum absolute atomic E-state index is 12.1. The van der Waals surface area contributed by atoms with E-state index in [4.69, 9.17) is 11.6 Å². The number of hydrogen-bond acceptors (Lipinski definition) is 3. The number of rotatable bonds is 5. The van der Waals surface area contributed by atoms with E-state index in [-0.39, 0.29) is 17.6 Å². The Kier molecular flexibility index (Phi) is 4.75. The van der Waals surface area contributed by atoms with Gasteiger partial charge in [-0.3, -0.25) is 14.3 Å². The molecule has 0 fully saturated rings. The first-order valence-corrected chi connectivity index (χ1v) is 6.93. The molecule has 1 heterocycles. The Bertz CT molecular complexity index is 649. The van der Waals surface area contributed by atoms with Crippen molar-refractivity contribution >= 4 is 29.0 Å². The predicted octanol–water partition coefficient (Wildman–Crippen LogP) is 3.01. The lowest BCUT2D eigenvalue weighted by molar-refractivity contribution is -0.119. The molecule has 2 rings (SSSR count). The number of amides is 1. The number of aromatic nitrogens is 2. The largest absolute Gasteiger partial charge is 0.326 e. The Hall–Kier alpha value is -2.14. The van der Waals surface area contributed by atoms with Gasteiger partial charge < -0.3 is 5.32 Å². The van der Waals surface area contributed by atoms with Crippen LogP contribution in [0.1, 0.15) is 24.2 Å². The quantitative estimate of drug-likeness (QED) is 0.864. The lowest BCUT2D eigenvalue weighted by atomic mass is 10.1. The molecule has 1 amide bonds. The van der Waals surface area contributed by atoms with Crippen molar-refractivity contribution in [3.05, 3.63) is 47.2 Å². The van der Waals surface area contributed by atoms with E-state index >= 15 is 0 Å². The summed E-state index contributed by atoms with van der Waals surface area (Å²) < 4.78 is 1.63. The number of carbonyl (C=O) groups excluding carboxylic acids is 2. The van der Waals surface area contributed by atoms with Crippen molar-refractivity contribution in [3.8, 4) is 0 Å². The van der Waals surface area contributed by atoms with Crippen LogP contribution < -0.4 is 5.32 Å². The topological polar surface area (TPSA) is 64.0 Å². The number of carbonyl (C=O) groups is 2. The van der Waals surface area contributed by atoms with Crippen LogP contribution in [-0.2, 0) is 11.3 Å². The minimum Gasteiger partial charge on any atom is -0.326 e. The zero-order chi connectivity index (χ0) is 15.4. The Morgan fingerprint density at radius 2 is 2.00 bits per heavy atom. The molecule has 0 saturated carbocycles. The first-order valence-electron chi connectivity index (χ1n) is 6.55. The predicted molar refractivity (Wildman–Crippen MR) is 81.5 cm³/mol. The van der Waals surface area contributed by atoms with Gasteiger partial charge in [0.25, 0.3) is 0 Å². The molecule has 0 aliphatic carbocycles. The molecule has 0 aliphatic heterocycles. The van der Waals surface area contributed by atoms with Crippen LogP contribution in [0, 0.1) is 5.92 Å². The molecule has 5 nitrogen and oxygen atoms in total. The number of hydrogen-bond donors (Lipinski definition) is 1. The van der Waals surface area contributed by atoms with Gasteiger partial charge in [0.1, 0.15) is 0 Å². The minimum absolute atomic E-state index is 0.00296. The Balaban J connectivity index is 1.95. The summed E-state index contributed by atoms with van der Waals surface area (Å²) in [7, 11) is 0. The highest BCUT2D eigenvalue weighted by Crippen LogP contribution is 2.13. The van der Waals surface area contributed by atoms with Crippen LogP contribution >= 0.6 is 11.6 Å². The van der Waals surface area contributed by atoms with E-state index in [2.05, 4.69) is 10.4 Å². The summed E-state index contributed by atoms with van der Waals surface area (Å²) >= 11 is 5.78. The maximum Gasteiger partial charge on any atom is 0.229 e. The summed E-state index contributed by atoms with van der Waals surface area (Å²) in [4.78, 5) is 23.3. The second kappa shape index (κ2) is 6.54. The van der Waals surface area contributed by atoms with E-state index in [0.717, 1.165) is 0 Å². The van der Waals surface area contributed by atoms with Crippen molar-refractivity contribution in [2.24, 2.45) is 5.92 Å². The van der Waals surface area contributed by atoms with Crippen LogP contribution in [0.5, 0.6) is 0 Å². The first-order chi connectivity index (χ1) is 9.95. The van der Waals surface area contributed by atoms with Crippen LogP contribution in [0.25, 0.3) is 0 Å². The molecular weight excluding hydrogens is 290 g/mol. The van der Waals surface area contributed by atoms with Crippen molar-refractivity contribution < 1.29 is 9.59 Å². The van der Waals surface area contributed by atoms with Crippen LogP contribution in [0.2, 0.25) is 5.02 Å². The van der Waals surface area contributed by atoms with E-state index in [9.17, 15) is 9.59 Å². The van der Waals surface area contributed by atoms with Gasteiger partial charge in [0.15, 0.2) is 5.78 Å². The monoisotopic (exact) mass is 305 g/mol. The molecule has 0 spiro atoms. The molecule has 0 saturated heterocycles.